The van der Waals surface area contributed by atoms with Gasteiger partial charge in [-0.1, -0.05) is 18.9 Å². The molecule has 15 nitrogen and oxygen atoms in total. The highest BCUT2D eigenvalue weighted by molar-refractivity contribution is 6.25. The monoisotopic (exact) mass is 854 g/mol. The molecule has 1 saturated carbocycles. The Morgan fingerprint density at radius 1 is 1.02 bits per heavy atom. The predicted molar refractivity (Wildman–Crippen MR) is 228 cm³/mol. The molecule has 3 aliphatic rings. The maximum absolute atomic E-state index is 13.5. The van der Waals surface area contributed by atoms with Gasteiger partial charge in [0.15, 0.2) is 11.5 Å². The molecule has 4 aromatic rings. The van der Waals surface area contributed by atoms with E-state index < -0.39 is 42.1 Å². The number of alkyl halides is 2. The average molecular weight is 855 g/mol. The minimum atomic E-state index is -2.66. The van der Waals surface area contributed by atoms with Gasteiger partial charge in [-0.2, -0.15) is 0 Å². The molecule has 2 atom stereocenters. The molecule has 2 fully saturated rings. The molecule has 5 N–H and O–H groups in total. The van der Waals surface area contributed by atoms with Crippen LogP contribution in [-0.4, -0.2) is 89.2 Å². The molecule has 2 unspecified atom stereocenters. The normalized spacial score (nSPS) is 17.2. The van der Waals surface area contributed by atoms with Crippen molar-refractivity contribution in [1.82, 2.24) is 25.1 Å². The van der Waals surface area contributed by atoms with E-state index in [-0.39, 0.29) is 46.5 Å². The quantitative estimate of drug-likeness (QED) is 0.0442. The van der Waals surface area contributed by atoms with Gasteiger partial charge in [-0.3, -0.25) is 34.2 Å². The summed E-state index contributed by atoms with van der Waals surface area (Å²) in [5.41, 5.74) is 8.02. The van der Waals surface area contributed by atoms with Crippen molar-refractivity contribution in [3.8, 4) is 11.5 Å². The van der Waals surface area contributed by atoms with Crippen LogP contribution in [0, 0.1) is 12.3 Å². The Labute approximate surface area is 358 Å². The maximum Gasteiger partial charge on any atom is 0.264 e. The van der Waals surface area contributed by atoms with Crippen molar-refractivity contribution in [2.24, 2.45) is 5.41 Å². The summed E-state index contributed by atoms with van der Waals surface area (Å²) in [6, 6.07) is 11.5. The van der Waals surface area contributed by atoms with Gasteiger partial charge in [-0.15, -0.1) is 0 Å². The number of anilines is 3. The number of rotatable bonds is 19. The van der Waals surface area contributed by atoms with E-state index in [2.05, 4.69) is 25.9 Å². The number of carbonyl (C=O) groups excluding carboxylic acids is 5. The third-order valence-electron chi connectivity index (χ3n) is 11.8. The van der Waals surface area contributed by atoms with Crippen molar-refractivity contribution in [3.63, 3.8) is 0 Å². The zero-order valence-corrected chi connectivity index (χ0v) is 35.3. The lowest BCUT2D eigenvalue weighted by atomic mass is 10.0. The SMILES string of the molecule is COc1cc2nc(C)nc(NC(C)c3cc(N)cc(C(F)F)c3)c2cc1OCC1(CN(C)C(=O)CCCCCCNc2cccc3c2C(=O)N(C2CCC(=O)NC2=O)C3=O)CC1. The molecular formula is C45H52F2N8O7. The molecule has 3 heterocycles. The van der Waals surface area contributed by atoms with Crippen LogP contribution in [0.3, 0.4) is 0 Å². The van der Waals surface area contributed by atoms with Gasteiger partial charge >= 0.3 is 0 Å². The third kappa shape index (κ3) is 9.56. The number of halogens is 2. The number of piperidine rings is 1. The van der Waals surface area contributed by atoms with Gasteiger partial charge in [0.25, 0.3) is 18.2 Å². The third-order valence-corrected chi connectivity index (χ3v) is 11.8. The number of aryl methyl sites for hydroxylation is 1. The summed E-state index contributed by atoms with van der Waals surface area (Å²) < 4.78 is 39.2. The number of benzene rings is 3. The number of hydrogen-bond donors (Lipinski definition) is 4. The highest BCUT2D eigenvalue weighted by Gasteiger charge is 2.46. The fourth-order valence-electron chi connectivity index (χ4n) is 8.18. The van der Waals surface area contributed by atoms with Crippen molar-refractivity contribution in [3.05, 3.63) is 76.6 Å². The van der Waals surface area contributed by atoms with E-state index in [1.54, 1.807) is 49.3 Å². The Morgan fingerprint density at radius 3 is 2.50 bits per heavy atom. The number of nitrogens with zero attached hydrogens (tertiary/aromatic N) is 4. The molecule has 7 rings (SSSR count). The zero-order chi connectivity index (χ0) is 44.3. The highest BCUT2D eigenvalue weighted by atomic mass is 19.3. The van der Waals surface area contributed by atoms with E-state index >= 15 is 0 Å². The number of amides is 5. The van der Waals surface area contributed by atoms with Gasteiger partial charge in [-0.25, -0.2) is 18.7 Å². The first-order chi connectivity index (χ1) is 29.7. The Hall–Kier alpha value is -6.39. The smallest absolute Gasteiger partial charge is 0.264 e. The topological polar surface area (TPSA) is 198 Å². The summed E-state index contributed by atoms with van der Waals surface area (Å²) in [4.78, 5) is 75.7. The number of hydrogen-bond acceptors (Lipinski definition) is 12. The Kier molecular flexibility index (Phi) is 12.9. The van der Waals surface area contributed by atoms with E-state index in [1.807, 2.05) is 20.0 Å². The summed E-state index contributed by atoms with van der Waals surface area (Å²) in [5, 5.41) is 9.50. The maximum atomic E-state index is 13.5. The number of nitrogens with two attached hydrogens (primary N) is 1. The van der Waals surface area contributed by atoms with E-state index in [9.17, 15) is 32.8 Å². The van der Waals surface area contributed by atoms with Crippen molar-refractivity contribution in [2.45, 2.75) is 90.1 Å². The van der Waals surface area contributed by atoms with Gasteiger partial charge < -0.3 is 30.7 Å². The second kappa shape index (κ2) is 18.3. The van der Waals surface area contributed by atoms with Gasteiger partial charge in [0.05, 0.1) is 36.4 Å². The van der Waals surface area contributed by atoms with Crippen LogP contribution in [0.25, 0.3) is 10.9 Å². The summed E-state index contributed by atoms with van der Waals surface area (Å²) in [5.74, 6) is -0.109. The van der Waals surface area contributed by atoms with Crippen LogP contribution in [0.15, 0.2) is 48.5 Å². The second-order valence-electron chi connectivity index (χ2n) is 16.5. The molecule has 1 saturated heterocycles. The molecule has 1 aromatic heterocycles. The van der Waals surface area contributed by atoms with E-state index in [4.69, 9.17) is 15.2 Å². The standard InChI is InChI=1S/C45H52F2N8O7/c1-25(27-18-28(40(46)47)20-29(48)19-27)50-41-31-21-36(35(61-4)22-33(31)51-26(2)52-41)62-24-45(15-16-45)23-54(3)38(57)12-7-5-6-8-17-49-32-11-9-10-30-39(32)44(60)55(43(30)59)34-13-14-37(56)53-42(34)58/h9-11,18-22,25,34,40,49H,5-8,12-17,23-24,48H2,1-4H3,(H,50,51,52)(H,53,56,58). The number of carbonyl (C=O) groups is 5. The molecule has 5 amide bonds. The van der Waals surface area contributed by atoms with Gasteiger partial charge in [0.2, 0.25) is 17.7 Å². The first-order valence-corrected chi connectivity index (χ1v) is 20.9. The van der Waals surface area contributed by atoms with Crippen LogP contribution in [0.4, 0.5) is 26.0 Å². The Morgan fingerprint density at radius 2 is 1.77 bits per heavy atom. The van der Waals surface area contributed by atoms with Crippen LogP contribution >= 0.6 is 0 Å². The Balaban J connectivity index is 0.878. The molecule has 0 bridgehead atoms. The van der Waals surface area contributed by atoms with Gasteiger partial charge in [0, 0.05) is 66.8 Å². The molecule has 2 aliphatic heterocycles. The van der Waals surface area contributed by atoms with Crippen molar-refractivity contribution in [1.29, 1.82) is 0 Å². The first-order valence-electron chi connectivity index (χ1n) is 20.9. The largest absolute Gasteiger partial charge is 0.493 e. The number of nitrogen functional groups attached to an aromatic ring is 1. The number of nitrogens with one attached hydrogen (secondary N) is 3. The second-order valence-corrected chi connectivity index (χ2v) is 16.5. The molecule has 328 valence electrons. The van der Waals surface area contributed by atoms with Crippen LogP contribution in [0.5, 0.6) is 11.5 Å². The van der Waals surface area contributed by atoms with Crippen molar-refractivity contribution >= 4 is 57.6 Å². The van der Waals surface area contributed by atoms with E-state index in [1.165, 1.54) is 12.1 Å². The van der Waals surface area contributed by atoms with Crippen LogP contribution < -0.4 is 31.2 Å². The summed E-state index contributed by atoms with van der Waals surface area (Å²) in [7, 11) is 3.37. The predicted octanol–water partition coefficient (Wildman–Crippen LogP) is 6.72. The molecule has 17 heteroatoms. The molecule has 62 heavy (non-hydrogen) atoms. The van der Waals surface area contributed by atoms with E-state index in [0.29, 0.717) is 71.4 Å². The number of unbranched alkanes of at least 4 members (excludes halogenated alkanes) is 3. The summed E-state index contributed by atoms with van der Waals surface area (Å²) in [6.07, 6.45) is 2.88. The fraction of sp³-hybridized carbons (Fsp3) is 0.444. The molecule has 3 aromatic carbocycles. The van der Waals surface area contributed by atoms with Gasteiger partial charge in [0.1, 0.15) is 17.7 Å². The van der Waals surface area contributed by atoms with Crippen molar-refractivity contribution < 1.29 is 42.2 Å². The van der Waals surface area contributed by atoms with Gasteiger partial charge in [-0.05, 0) is 87.9 Å². The summed E-state index contributed by atoms with van der Waals surface area (Å²) >= 11 is 0. The minimum absolute atomic E-state index is 0.0551. The zero-order valence-electron chi connectivity index (χ0n) is 35.3. The lowest BCUT2D eigenvalue weighted by Crippen LogP contribution is -2.54. The highest BCUT2D eigenvalue weighted by Crippen LogP contribution is 2.47. The number of aromatic nitrogens is 2. The Bertz CT molecular complexity index is 2410. The summed E-state index contributed by atoms with van der Waals surface area (Å²) in [6.45, 7) is 5.07. The first kappa shape index (κ1) is 43.7. The number of methoxy groups -OCH3 is 1. The molecular weight excluding hydrogens is 803 g/mol. The number of ether oxygens (including phenoxy) is 2. The minimum Gasteiger partial charge on any atom is -0.493 e. The fourth-order valence-corrected chi connectivity index (χ4v) is 8.18. The lowest BCUT2D eigenvalue weighted by molar-refractivity contribution is -0.136. The molecule has 1 aliphatic carbocycles. The average Bonchev–Trinajstić information content (AvgIpc) is 3.95. The van der Waals surface area contributed by atoms with Crippen LogP contribution in [-0.2, 0) is 14.4 Å². The van der Waals surface area contributed by atoms with Crippen molar-refractivity contribution in [2.75, 3.05) is 50.2 Å². The molecule has 0 spiro atoms. The lowest BCUT2D eigenvalue weighted by Gasteiger charge is -2.27. The number of fused-ring (bicyclic) bond motifs is 2. The molecule has 0 radical (unpaired) electrons. The van der Waals surface area contributed by atoms with E-state index in [0.717, 1.165) is 43.4 Å². The van der Waals surface area contributed by atoms with Crippen LogP contribution in [0.1, 0.15) is 115 Å². The van der Waals surface area contributed by atoms with Crippen LogP contribution in [0.2, 0.25) is 0 Å². The number of imide groups is 2.